The van der Waals surface area contributed by atoms with Crippen molar-refractivity contribution in [2.24, 2.45) is 29.1 Å². The molecule has 1 aliphatic rings. The lowest BCUT2D eigenvalue weighted by atomic mass is 9.74. The van der Waals surface area contributed by atoms with E-state index in [9.17, 15) is 19.8 Å². The molecule has 9 heteroatoms. The highest BCUT2D eigenvalue weighted by atomic mass is 16.5. The van der Waals surface area contributed by atoms with E-state index in [-0.39, 0.29) is 11.1 Å². The normalized spacial score (nSPS) is 15.1. The fraction of sp³-hybridized carbons (Fsp3) is 0.515. The van der Waals surface area contributed by atoms with Crippen LogP contribution in [0, 0.1) is 29.1 Å². The second-order valence-corrected chi connectivity index (χ2v) is 23.7. The number of fused-ring (bicyclic) bond motifs is 1. The molecule has 5 atom stereocenters. The van der Waals surface area contributed by atoms with E-state index in [4.69, 9.17) is 18.9 Å². The molecule has 2 N–H and O–H groups in total. The predicted molar refractivity (Wildman–Crippen MR) is 302 cm³/mol. The van der Waals surface area contributed by atoms with E-state index < -0.39 is 29.6 Å². The Kier molecular flexibility index (Phi) is 22.3. The van der Waals surface area contributed by atoms with Crippen LogP contribution in [0.25, 0.3) is 0 Å². The number of aliphatic hydroxyl groups excluding tert-OH is 1. The zero-order valence-electron chi connectivity index (χ0n) is 47.1. The van der Waals surface area contributed by atoms with Crippen LogP contribution in [-0.2, 0) is 34.0 Å². The molecular weight excluding hydrogens is 935 g/mol. The van der Waals surface area contributed by atoms with Gasteiger partial charge in [-0.25, -0.2) is 0 Å². The molecule has 0 aromatic heterocycles. The van der Waals surface area contributed by atoms with E-state index in [1.807, 2.05) is 0 Å². The number of rotatable bonds is 30. The maximum absolute atomic E-state index is 13.4. The minimum absolute atomic E-state index is 0.197. The van der Waals surface area contributed by atoms with Crippen molar-refractivity contribution >= 4 is 11.8 Å². The highest BCUT2D eigenvalue weighted by Crippen LogP contribution is 2.43. The number of nitrogens with zero attached hydrogens (tertiary/aromatic N) is 1. The van der Waals surface area contributed by atoms with E-state index in [1.54, 1.807) is 39.0 Å². The molecule has 9 nitrogen and oxygen atoms in total. The van der Waals surface area contributed by atoms with Crippen LogP contribution in [0.15, 0.2) is 121 Å². The Hall–Kier alpha value is -5.16. The summed E-state index contributed by atoms with van der Waals surface area (Å²) < 4.78 is 24.2. The number of ether oxygens (including phenoxy) is 4. The average Bonchev–Trinajstić information content (AvgIpc) is 3.60. The highest BCUT2D eigenvalue weighted by molar-refractivity contribution is 6.21. The summed E-state index contributed by atoms with van der Waals surface area (Å²) in [7, 11) is 0. The van der Waals surface area contributed by atoms with E-state index in [1.165, 1.54) is 39.8 Å². The van der Waals surface area contributed by atoms with E-state index in [0.717, 1.165) is 29.7 Å². The molecule has 406 valence electrons. The molecule has 0 bridgehead atoms. The van der Waals surface area contributed by atoms with Gasteiger partial charge in [0, 0.05) is 6.42 Å². The van der Waals surface area contributed by atoms with Crippen molar-refractivity contribution < 1.29 is 38.7 Å². The second kappa shape index (κ2) is 28.3. The standard InChI is InChI=1S/C66H89NO8/c1-44(2)36-55(51-24-18-49(19-25-51)42-73-34-35-74-43-50-22-28-54(29-23-50)59(46(5)6)37-45(3)4)38-56(39-60(47(7)8)53-16-13-12-14-17-53)52-26-20-48(21-27-52)41-72-32-15-33-75-57-30-31-58-61(40-57)64(69)67(63(58)68)62(65(70)71)66(9,10)11/h12-14,16-31,40,44-47,55-56,59-60,62,65,70-71H,15,32-39,41-43H2,1-11H3/t55?,56?,59?,60?,62-/m1/s1. The number of carbonyl (C=O) groups excluding carboxylic acids is 2. The van der Waals surface area contributed by atoms with Gasteiger partial charge in [0.05, 0.1) is 63.4 Å². The number of amides is 2. The number of hydrogen-bond acceptors (Lipinski definition) is 8. The van der Waals surface area contributed by atoms with Gasteiger partial charge in [-0.2, -0.15) is 0 Å². The van der Waals surface area contributed by atoms with Crippen molar-refractivity contribution in [3.63, 3.8) is 0 Å². The molecule has 0 fully saturated rings. The first-order chi connectivity index (χ1) is 35.8. The van der Waals surface area contributed by atoms with E-state index >= 15 is 0 Å². The Morgan fingerprint density at radius 1 is 0.480 bits per heavy atom. The molecule has 0 radical (unpaired) electrons. The third kappa shape index (κ3) is 17.2. The van der Waals surface area contributed by atoms with Gasteiger partial charge in [-0.15, -0.1) is 0 Å². The summed E-state index contributed by atoms with van der Waals surface area (Å²) >= 11 is 0. The predicted octanol–water partition coefficient (Wildman–Crippen LogP) is 14.6. The zero-order chi connectivity index (χ0) is 54.2. The van der Waals surface area contributed by atoms with Crippen molar-refractivity contribution in [3.8, 4) is 5.75 Å². The molecule has 0 saturated carbocycles. The van der Waals surface area contributed by atoms with Gasteiger partial charge in [0.25, 0.3) is 11.8 Å². The monoisotopic (exact) mass is 1020 g/mol. The Morgan fingerprint density at radius 3 is 1.41 bits per heavy atom. The van der Waals surface area contributed by atoms with Crippen molar-refractivity contribution in [3.05, 3.63) is 171 Å². The number of hydrogen-bond donors (Lipinski definition) is 2. The molecule has 6 rings (SSSR count). The lowest BCUT2D eigenvalue weighted by Crippen LogP contribution is -2.53. The fourth-order valence-electron chi connectivity index (χ4n) is 11.0. The van der Waals surface area contributed by atoms with E-state index in [0.29, 0.717) is 106 Å². The lowest BCUT2D eigenvalue weighted by molar-refractivity contribution is -0.114. The molecule has 0 spiro atoms. The van der Waals surface area contributed by atoms with Crippen LogP contribution >= 0.6 is 0 Å². The summed E-state index contributed by atoms with van der Waals surface area (Å²) in [5, 5.41) is 20.2. The van der Waals surface area contributed by atoms with Crippen molar-refractivity contribution in [1.82, 2.24) is 4.90 Å². The van der Waals surface area contributed by atoms with E-state index in [2.05, 4.69) is 159 Å². The maximum Gasteiger partial charge on any atom is 0.262 e. The van der Waals surface area contributed by atoms with Gasteiger partial charge in [-0.1, -0.05) is 179 Å². The van der Waals surface area contributed by atoms with Gasteiger partial charge in [0.2, 0.25) is 0 Å². The van der Waals surface area contributed by atoms with Crippen LogP contribution in [0.5, 0.6) is 5.75 Å². The number of aliphatic hydroxyl groups is 2. The van der Waals surface area contributed by atoms with Gasteiger partial charge in [-0.3, -0.25) is 14.5 Å². The average molecular weight is 1020 g/mol. The second-order valence-electron chi connectivity index (χ2n) is 23.7. The molecule has 4 unspecified atom stereocenters. The Balaban J connectivity index is 1.02. The maximum atomic E-state index is 13.4. The van der Waals surface area contributed by atoms with Crippen molar-refractivity contribution in [2.75, 3.05) is 26.4 Å². The summed E-state index contributed by atoms with van der Waals surface area (Å²) in [6.07, 6.45) is 3.17. The van der Waals surface area contributed by atoms with Gasteiger partial charge in [-0.05, 0) is 136 Å². The van der Waals surface area contributed by atoms with Gasteiger partial charge < -0.3 is 29.2 Å². The number of benzene rings is 5. The summed E-state index contributed by atoms with van der Waals surface area (Å²) in [5.41, 5.74) is 8.71. The molecular formula is C66H89NO8. The molecule has 2 amide bonds. The SMILES string of the molecule is CC(C)CC(CC(CC(c1ccccc1)C(C)C)c1ccc(COCCCOc2ccc3c(c2)C(=O)N([C@H](C(O)O)C(C)(C)C)C3=O)cc1)c1ccc(COCCOCc2ccc(C(CC(C)C)C(C)C)cc2)cc1. The lowest BCUT2D eigenvalue weighted by Gasteiger charge is -2.37. The third-order valence-corrected chi connectivity index (χ3v) is 15.0. The fourth-order valence-corrected chi connectivity index (χ4v) is 11.0. The molecule has 1 aliphatic heterocycles. The van der Waals surface area contributed by atoms with Crippen LogP contribution in [0.1, 0.15) is 192 Å². The molecule has 5 aromatic rings. The Bertz CT molecular complexity index is 2490. The first-order valence-corrected chi connectivity index (χ1v) is 27.9. The quantitative estimate of drug-likeness (QED) is 0.0266. The molecule has 0 aliphatic carbocycles. The topological polar surface area (TPSA) is 115 Å². The largest absolute Gasteiger partial charge is 0.493 e. The first-order valence-electron chi connectivity index (χ1n) is 27.9. The summed E-state index contributed by atoms with van der Waals surface area (Å²) in [6, 6.07) is 41.9. The highest BCUT2D eigenvalue weighted by Gasteiger charge is 2.47. The molecule has 75 heavy (non-hydrogen) atoms. The van der Waals surface area contributed by atoms with Crippen LogP contribution < -0.4 is 4.74 Å². The third-order valence-electron chi connectivity index (χ3n) is 15.0. The Morgan fingerprint density at radius 2 is 0.933 bits per heavy atom. The van der Waals surface area contributed by atoms with Crippen molar-refractivity contribution in [2.45, 2.75) is 164 Å². The molecule has 1 heterocycles. The smallest absolute Gasteiger partial charge is 0.262 e. The molecule has 5 aromatic carbocycles. The van der Waals surface area contributed by atoms with Crippen LogP contribution in [0.3, 0.4) is 0 Å². The number of imide groups is 1. The first kappa shape index (κ1) is 59.1. The van der Waals surface area contributed by atoms with Gasteiger partial charge in [0.15, 0.2) is 6.29 Å². The molecule has 0 saturated heterocycles. The summed E-state index contributed by atoms with van der Waals surface area (Å²) in [6.45, 7) is 27.5. The van der Waals surface area contributed by atoms with Crippen LogP contribution in [0.4, 0.5) is 0 Å². The van der Waals surface area contributed by atoms with Gasteiger partial charge >= 0.3 is 0 Å². The van der Waals surface area contributed by atoms with Crippen LogP contribution in [-0.4, -0.2) is 65.7 Å². The minimum atomic E-state index is -1.87. The summed E-state index contributed by atoms with van der Waals surface area (Å²) in [4.78, 5) is 27.5. The minimum Gasteiger partial charge on any atom is -0.493 e. The van der Waals surface area contributed by atoms with Gasteiger partial charge in [0.1, 0.15) is 5.75 Å². The van der Waals surface area contributed by atoms with Crippen LogP contribution in [0.2, 0.25) is 0 Å². The van der Waals surface area contributed by atoms with Crippen molar-refractivity contribution in [1.29, 1.82) is 0 Å². The zero-order valence-corrected chi connectivity index (χ0v) is 47.1. The Labute approximate surface area is 450 Å². The number of carbonyl (C=O) groups is 2. The summed E-state index contributed by atoms with van der Waals surface area (Å²) in [5.74, 6) is 3.42.